The van der Waals surface area contributed by atoms with Crippen molar-refractivity contribution >= 4 is 45.6 Å². The van der Waals surface area contributed by atoms with Gasteiger partial charge in [0.1, 0.15) is 6.04 Å². The van der Waals surface area contributed by atoms with E-state index >= 15 is 0 Å². The van der Waals surface area contributed by atoms with E-state index in [0.29, 0.717) is 30.4 Å². The Kier molecular flexibility index (Phi) is 9.40. The van der Waals surface area contributed by atoms with Crippen LogP contribution in [0.1, 0.15) is 96.8 Å². The number of hydrogen-bond donors (Lipinski definition) is 2. The number of piperidine rings is 2. The lowest BCUT2D eigenvalue weighted by Crippen LogP contribution is -2.52. The van der Waals surface area contributed by atoms with Gasteiger partial charge in [-0.15, -0.1) is 0 Å². The molecule has 0 radical (unpaired) electrons. The van der Waals surface area contributed by atoms with Crippen molar-refractivity contribution in [2.45, 2.75) is 83.2 Å². The van der Waals surface area contributed by atoms with Gasteiger partial charge in [-0.05, 0) is 127 Å². The molecule has 1 aromatic heterocycles. The zero-order valence-electron chi connectivity index (χ0n) is 32.4. The number of aromatic nitrogens is 2. The van der Waals surface area contributed by atoms with Gasteiger partial charge in [0, 0.05) is 81.1 Å². The van der Waals surface area contributed by atoms with Crippen molar-refractivity contribution in [1.82, 2.24) is 25.3 Å². The number of imide groups is 1. The van der Waals surface area contributed by atoms with E-state index < -0.39 is 6.04 Å². The van der Waals surface area contributed by atoms with Gasteiger partial charge < -0.3 is 14.7 Å². The highest BCUT2D eigenvalue weighted by molar-refractivity contribution is 6.05. The minimum atomic E-state index is -0.579. The number of H-pyrrole nitrogens is 1. The normalized spacial score (nSPS) is 22.9. The quantitative estimate of drug-likeness (QED) is 0.203. The monoisotopic (exact) mass is 751 g/mol. The maximum absolute atomic E-state index is 13.2. The SMILES string of the molecule is O=C1CC[C@H](N2Cc3cc(N4CCN(CC5CCN(c6ccc(C7=C(C8CCCC8)CCCc8c7ccc7[nH]ncc87)cc6)CC5)CC4)ccc3C2=O)C(=O)N1. The number of aromatic amines is 1. The zero-order valence-corrected chi connectivity index (χ0v) is 32.4. The van der Waals surface area contributed by atoms with Gasteiger partial charge in [-0.2, -0.15) is 5.10 Å². The van der Waals surface area contributed by atoms with E-state index in [1.807, 2.05) is 12.3 Å². The van der Waals surface area contributed by atoms with Gasteiger partial charge in [0.15, 0.2) is 0 Å². The minimum Gasteiger partial charge on any atom is -0.372 e. The summed E-state index contributed by atoms with van der Waals surface area (Å²) in [5.41, 5.74) is 12.7. The summed E-state index contributed by atoms with van der Waals surface area (Å²) in [5, 5.41) is 11.3. The van der Waals surface area contributed by atoms with E-state index in [0.717, 1.165) is 69.0 Å². The average Bonchev–Trinajstić information content (AvgIpc) is 3.98. The second-order valence-electron chi connectivity index (χ2n) is 17.2. The van der Waals surface area contributed by atoms with Crippen LogP contribution in [-0.2, 0) is 22.6 Å². The van der Waals surface area contributed by atoms with E-state index in [2.05, 4.69) is 78.7 Å². The first-order chi connectivity index (χ1) is 27.5. The van der Waals surface area contributed by atoms with Crippen LogP contribution in [-0.4, -0.2) is 89.6 Å². The van der Waals surface area contributed by atoms with Crippen LogP contribution in [0, 0.1) is 11.8 Å². The highest BCUT2D eigenvalue weighted by atomic mass is 16.2. The van der Waals surface area contributed by atoms with Crippen LogP contribution in [0.5, 0.6) is 0 Å². The van der Waals surface area contributed by atoms with Crippen molar-refractivity contribution in [2.24, 2.45) is 11.8 Å². The van der Waals surface area contributed by atoms with E-state index in [4.69, 9.17) is 0 Å². The first-order valence-corrected chi connectivity index (χ1v) is 21.3. The number of hydrogen-bond acceptors (Lipinski definition) is 7. The Morgan fingerprint density at radius 1 is 0.714 bits per heavy atom. The van der Waals surface area contributed by atoms with Gasteiger partial charge in [0.25, 0.3) is 5.91 Å². The van der Waals surface area contributed by atoms with Gasteiger partial charge in [0.2, 0.25) is 11.8 Å². The predicted molar refractivity (Wildman–Crippen MR) is 220 cm³/mol. The fraction of sp³-hybridized carbons (Fsp3) is 0.478. The summed E-state index contributed by atoms with van der Waals surface area (Å²) in [6, 6.07) is 19.7. The Hall–Kier alpha value is -4.96. The molecule has 10 nitrogen and oxygen atoms in total. The molecule has 2 aliphatic carbocycles. The predicted octanol–water partition coefficient (Wildman–Crippen LogP) is 6.69. The van der Waals surface area contributed by atoms with Crippen LogP contribution in [0.25, 0.3) is 16.5 Å². The number of fused-ring (bicyclic) bond motifs is 4. The summed E-state index contributed by atoms with van der Waals surface area (Å²) in [6.07, 6.45) is 14.0. The third-order valence-corrected chi connectivity index (χ3v) is 13.9. The van der Waals surface area contributed by atoms with Crippen molar-refractivity contribution in [3.63, 3.8) is 0 Å². The molecule has 4 fully saturated rings. The third kappa shape index (κ3) is 6.59. The lowest BCUT2D eigenvalue weighted by Gasteiger charge is -2.40. The first-order valence-electron chi connectivity index (χ1n) is 21.3. The molecule has 10 heteroatoms. The summed E-state index contributed by atoms with van der Waals surface area (Å²) in [7, 11) is 0. The molecule has 56 heavy (non-hydrogen) atoms. The zero-order chi connectivity index (χ0) is 37.8. The molecule has 290 valence electrons. The van der Waals surface area contributed by atoms with Crippen molar-refractivity contribution in [3.8, 4) is 0 Å². The molecular weight excluding hydrogens is 699 g/mol. The summed E-state index contributed by atoms with van der Waals surface area (Å²) in [4.78, 5) is 46.6. The lowest BCUT2D eigenvalue weighted by molar-refractivity contribution is -0.136. The number of nitrogens with zero attached hydrogens (tertiary/aromatic N) is 5. The van der Waals surface area contributed by atoms with Crippen LogP contribution in [0.3, 0.4) is 0 Å². The average molecular weight is 752 g/mol. The third-order valence-electron chi connectivity index (χ3n) is 13.9. The molecule has 3 aromatic carbocycles. The van der Waals surface area contributed by atoms with Crippen LogP contribution in [0.2, 0.25) is 0 Å². The van der Waals surface area contributed by atoms with E-state index in [1.54, 1.807) is 10.5 Å². The van der Waals surface area contributed by atoms with Crippen LogP contribution in [0.15, 0.2) is 66.4 Å². The molecule has 0 bridgehead atoms. The number of rotatable bonds is 7. The first kappa shape index (κ1) is 35.5. The van der Waals surface area contributed by atoms with Crippen LogP contribution >= 0.6 is 0 Å². The standard InChI is InChI=1S/C46H53N7O3/c54-43-17-16-42(45(55)48-43)53-29-33-26-35(12-13-37(33)46(53)56)52-24-22-50(23-25-52)28-30-18-20-51(21-19-30)34-10-8-32(9-11-34)44-36(31-4-1-2-5-31)6-3-7-38-39(44)14-15-41-40(38)27-47-49-41/h8-15,26-27,30-31,42H,1-7,16-25,28-29H2,(H,47,49)(H,48,54,55)/t42-/m0/s1. The second kappa shape index (κ2) is 14.8. The van der Waals surface area contributed by atoms with Gasteiger partial charge in [0.05, 0.1) is 11.7 Å². The fourth-order valence-electron chi connectivity index (χ4n) is 10.9. The molecule has 3 saturated heterocycles. The van der Waals surface area contributed by atoms with Crippen molar-refractivity contribution in [1.29, 1.82) is 0 Å². The molecule has 1 atom stereocenters. The van der Waals surface area contributed by atoms with E-state index in [-0.39, 0.29) is 24.1 Å². The molecule has 2 N–H and O–H groups in total. The maximum Gasteiger partial charge on any atom is 0.255 e. The molecule has 3 amide bonds. The molecular formula is C46H53N7O3. The highest BCUT2D eigenvalue weighted by Crippen LogP contribution is 2.45. The Morgan fingerprint density at radius 3 is 2.25 bits per heavy atom. The minimum absolute atomic E-state index is 0.114. The van der Waals surface area contributed by atoms with Crippen molar-refractivity contribution < 1.29 is 14.4 Å². The van der Waals surface area contributed by atoms with Crippen LogP contribution < -0.4 is 15.1 Å². The largest absolute Gasteiger partial charge is 0.372 e. The number of piperazine rings is 1. The fourth-order valence-corrected chi connectivity index (χ4v) is 10.9. The van der Waals surface area contributed by atoms with Gasteiger partial charge in [-0.3, -0.25) is 29.7 Å². The Labute approximate surface area is 329 Å². The molecule has 4 aliphatic heterocycles. The summed E-state index contributed by atoms with van der Waals surface area (Å²) >= 11 is 0. The molecule has 1 saturated carbocycles. The molecule has 4 aromatic rings. The Bertz CT molecular complexity index is 2190. The second-order valence-corrected chi connectivity index (χ2v) is 17.2. The van der Waals surface area contributed by atoms with Crippen LogP contribution in [0.4, 0.5) is 11.4 Å². The summed E-state index contributed by atoms with van der Waals surface area (Å²) in [5.74, 6) is 0.685. The van der Waals surface area contributed by atoms with Gasteiger partial charge >= 0.3 is 0 Å². The number of carbonyl (C=O) groups is 3. The Morgan fingerprint density at radius 2 is 1.46 bits per heavy atom. The Balaban J connectivity index is 0.750. The number of nitrogens with one attached hydrogen (secondary N) is 2. The number of aryl methyl sites for hydroxylation is 1. The lowest BCUT2D eigenvalue weighted by atomic mass is 9.84. The summed E-state index contributed by atoms with van der Waals surface area (Å²) < 4.78 is 0. The maximum atomic E-state index is 13.2. The van der Waals surface area contributed by atoms with E-state index in [9.17, 15) is 14.4 Å². The highest BCUT2D eigenvalue weighted by Gasteiger charge is 2.39. The molecule has 5 heterocycles. The van der Waals surface area contributed by atoms with Crippen molar-refractivity contribution in [2.75, 3.05) is 55.6 Å². The molecule has 6 aliphatic rings. The van der Waals surface area contributed by atoms with Gasteiger partial charge in [-0.25, -0.2) is 0 Å². The number of amides is 3. The topological polar surface area (TPSA) is 105 Å². The summed E-state index contributed by atoms with van der Waals surface area (Å²) in [6.45, 7) is 7.77. The van der Waals surface area contributed by atoms with Crippen molar-refractivity contribution in [3.05, 3.63) is 94.2 Å². The molecule has 0 unspecified atom stereocenters. The number of carbonyl (C=O) groups excluding carboxylic acids is 3. The molecule has 0 spiro atoms. The van der Waals surface area contributed by atoms with E-state index in [1.165, 1.54) is 84.7 Å². The molecule has 10 rings (SSSR count). The number of allylic oxidation sites excluding steroid dienone is 1. The van der Waals surface area contributed by atoms with Gasteiger partial charge in [-0.1, -0.05) is 36.6 Å². The smallest absolute Gasteiger partial charge is 0.255 e. The number of anilines is 2. The number of benzene rings is 3.